The molecule has 0 saturated heterocycles. The van der Waals surface area contributed by atoms with E-state index in [2.05, 4.69) is 10.6 Å². The Morgan fingerprint density at radius 3 is 2.56 bits per heavy atom. The summed E-state index contributed by atoms with van der Waals surface area (Å²) in [5.74, 6) is -1.22. The zero-order valence-corrected chi connectivity index (χ0v) is 17.7. The van der Waals surface area contributed by atoms with Gasteiger partial charge in [0.25, 0.3) is 5.91 Å². The standard InChI is InChI=1S/C26H25FN2O3/c27-21-11-8-18(9-12-21)14-15-28-24-7-2-1-6-23(24)26(31)32-17-25(30)29-22-13-10-19-4-3-5-20(19)16-22/h1-2,6-13,16,28H,3-5,14-15,17H2,(H,29,30). The Kier molecular flexibility index (Phi) is 6.80. The summed E-state index contributed by atoms with van der Waals surface area (Å²) in [5.41, 5.74) is 5.28. The summed E-state index contributed by atoms with van der Waals surface area (Å²) in [5, 5.41) is 6.00. The first-order chi connectivity index (χ1) is 15.6. The molecule has 1 aliphatic rings. The number of hydrogen-bond acceptors (Lipinski definition) is 4. The van der Waals surface area contributed by atoms with Crippen LogP contribution in [0.15, 0.2) is 66.7 Å². The molecule has 6 heteroatoms. The summed E-state index contributed by atoms with van der Waals surface area (Å²) in [6.07, 6.45) is 3.92. The quantitative estimate of drug-likeness (QED) is 0.504. The minimum atomic E-state index is -0.570. The van der Waals surface area contributed by atoms with Crippen LogP contribution in [0.5, 0.6) is 0 Å². The number of carbonyl (C=O) groups is 2. The van der Waals surface area contributed by atoms with Gasteiger partial charge in [-0.2, -0.15) is 0 Å². The molecule has 1 amide bonds. The van der Waals surface area contributed by atoms with Gasteiger partial charge in [-0.15, -0.1) is 0 Å². The molecule has 0 bridgehead atoms. The number of para-hydroxylation sites is 1. The normalized spacial score (nSPS) is 12.2. The fraction of sp³-hybridized carbons (Fsp3) is 0.231. The highest BCUT2D eigenvalue weighted by Gasteiger charge is 2.15. The van der Waals surface area contributed by atoms with Gasteiger partial charge >= 0.3 is 5.97 Å². The average molecular weight is 432 g/mol. The van der Waals surface area contributed by atoms with Crippen LogP contribution in [0, 0.1) is 5.82 Å². The number of ether oxygens (including phenoxy) is 1. The second-order valence-electron chi connectivity index (χ2n) is 7.81. The molecule has 0 saturated carbocycles. The van der Waals surface area contributed by atoms with Gasteiger partial charge in [0.2, 0.25) is 0 Å². The number of benzene rings is 3. The second kappa shape index (κ2) is 10.1. The monoisotopic (exact) mass is 432 g/mol. The lowest BCUT2D eigenvalue weighted by Gasteiger charge is -2.12. The van der Waals surface area contributed by atoms with Crippen LogP contribution < -0.4 is 10.6 Å². The van der Waals surface area contributed by atoms with Crippen LogP contribution in [-0.2, 0) is 28.8 Å². The molecule has 32 heavy (non-hydrogen) atoms. The van der Waals surface area contributed by atoms with Gasteiger partial charge in [0.15, 0.2) is 6.61 Å². The molecule has 0 aromatic heterocycles. The summed E-state index contributed by atoms with van der Waals surface area (Å²) in [7, 11) is 0. The van der Waals surface area contributed by atoms with Crippen molar-refractivity contribution in [2.24, 2.45) is 0 Å². The minimum absolute atomic E-state index is 0.269. The van der Waals surface area contributed by atoms with E-state index in [0.717, 1.165) is 30.5 Å². The number of nitrogens with one attached hydrogen (secondary N) is 2. The SMILES string of the molecule is O=C(COC(=O)c1ccccc1NCCc1ccc(F)cc1)Nc1ccc2c(c1)CCC2. The number of carbonyl (C=O) groups excluding carboxylic acids is 2. The Balaban J connectivity index is 1.29. The van der Waals surface area contributed by atoms with Gasteiger partial charge in [-0.3, -0.25) is 4.79 Å². The van der Waals surface area contributed by atoms with E-state index in [9.17, 15) is 14.0 Å². The summed E-state index contributed by atoms with van der Waals surface area (Å²) in [6, 6.07) is 19.2. The molecule has 3 aromatic rings. The van der Waals surface area contributed by atoms with E-state index in [0.29, 0.717) is 24.2 Å². The Morgan fingerprint density at radius 1 is 0.938 bits per heavy atom. The van der Waals surface area contributed by atoms with Crippen LogP contribution in [0.4, 0.5) is 15.8 Å². The first kappa shape index (κ1) is 21.6. The summed E-state index contributed by atoms with van der Waals surface area (Å²) >= 11 is 0. The van der Waals surface area contributed by atoms with Crippen molar-refractivity contribution < 1.29 is 18.7 Å². The highest BCUT2D eigenvalue weighted by atomic mass is 19.1. The summed E-state index contributed by atoms with van der Waals surface area (Å²) in [6.45, 7) is 0.203. The Labute approximate surface area is 186 Å². The smallest absolute Gasteiger partial charge is 0.340 e. The van der Waals surface area contributed by atoms with Crippen molar-refractivity contribution in [2.75, 3.05) is 23.8 Å². The maximum atomic E-state index is 13.0. The maximum absolute atomic E-state index is 13.0. The average Bonchev–Trinajstić information content (AvgIpc) is 3.27. The first-order valence-corrected chi connectivity index (χ1v) is 10.7. The van der Waals surface area contributed by atoms with E-state index < -0.39 is 5.97 Å². The number of halogens is 1. The number of rotatable bonds is 8. The largest absolute Gasteiger partial charge is 0.452 e. The lowest BCUT2D eigenvalue weighted by molar-refractivity contribution is -0.119. The topological polar surface area (TPSA) is 67.4 Å². The molecule has 0 heterocycles. The predicted molar refractivity (Wildman–Crippen MR) is 122 cm³/mol. The zero-order valence-electron chi connectivity index (χ0n) is 17.7. The molecule has 5 nitrogen and oxygen atoms in total. The van der Waals surface area contributed by atoms with E-state index in [-0.39, 0.29) is 18.3 Å². The van der Waals surface area contributed by atoms with Crippen LogP contribution >= 0.6 is 0 Å². The van der Waals surface area contributed by atoms with E-state index in [1.165, 1.54) is 23.3 Å². The molecule has 2 N–H and O–H groups in total. The van der Waals surface area contributed by atoms with E-state index in [4.69, 9.17) is 4.74 Å². The van der Waals surface area contributed by atoms with Crippen LogP contribution in [-0.4, -0.2) is 25.0 Å². The summed E-state index contributed by atoms with van der Waals surface area (Å²) in [4.78, 5) is 24.8. The number of esters is 1. The van der Waals surface area contributed by atoms with Crippen LogP contribution in [0.25, 0.3) is 0 Å². The third-order valence-electron chi connectivity index (χ3n) is 5.51. The third-order valence-corrected chi connectivity index (χ3v) is 5.51. The molecule has 3 aromatic carbocycles. The third kappa shape index (κ3) is 5.52. The fourth-order valence-electron chi connectivity index (χ4n) is 3.86. The molecule has 0 fully saturated rings. The Bertz CT molecular complexity index is 1110. The molecule has 0 radical (unpaired) electrons. The molecule has 0 spiro atoms. The van der Waals surface area contributed by atoms with Crippen LogP contribution in [0.1, 0.15) is 33.5 Å². The fourth-order valence-corrected chi connectivity index (χ4v) is 3.86. The van der Waals surface area contributed by atoms with E-state index in [1.54, 1.807) is 30.3 Å². The molecule has 0 atom stereocenters. The van der Waals surface area contributed by atoms with Gasteiger partial charge in [0.1, 0.15) is 5.82 Å². The van der Waals surface area contributed by atoms with Gasteiger partial charge in [-0.1, -0.05) is 30.3 Å². The molecule has 4 rings (SSSR count). The lowest BCUT2D eigenvalue weighted by atomic mass is 10.1. The van der Waals surface area contributed by atoms with Gasteiger partial charge in [-0.05, 0) is 78.8 Å². The molecule has 1 aliphatic carbocycles. The summed E-state index contributed by atoms with van der Waals surface area (Å²) < 4.78 is 18.3. The number of amides is 1. The molecular formula is C26H25FN2O3. The first-order valence-electron chi connectivity index (χ1n) is 10.7. The van der Waals surface area contributed by atoms with Crippen molar-refractivity contribution in [3.63, 3.8) is 0 Å². The van der Waals surface area contributed by atoms with Gasteiger partial charge < -0.3 is 15.4 Å². The minimum Gasteiger partial charge on any atom is -0.452 e. The number of aryl methyl sites for hydroxylation is 2. The Hall–Kier alpha value is -3.67. The van der Waals surface area contributed by atoms with Crippen molar-refractivity contribution in [3.05, 3.63) is 94.8 Å². The number of fused-ring (bicyclic) bond motifs is 1. The van der Waals surface area contributed by atoms with Crippen LogP contribution in [0.2, 0.25) is 0 Å². The molecule has 164 valence electrons. The van der Waals surface area contributed by atoms with Gasteiger partial charge in [0, 0.05) is 17.9 Å². The van der Waals surface area contributed by atoms with Gasteiger partial charge in [-0.25, -0.2) is 9.18 Å². The highest BCUT2D eigenvalue weighted by molar-refractivity contribution is 5.98. The van der Waals surface area contributed by atoms with E-state index >= 15 is 0 Å². The number of hydrogen-bond donors (Lipinski definition) is 2. The molecule has 0 unspecified atom stereocenters. The molecule has 0 aliphatic heterocycles. The van der Waals surface area contributed by atoms with Crippen molar-refractivity contribution in [1.29, 1.82) is 0 Å². The van der Waals surface area contributed by atoms with Crippen molar-refractivity contribution >= 4 is 23.3 Å². The highest BCUT2D eigenvalue weighted by Crippen LogP contribution is 2.25. The van der Waals surface area contributed by atoms with Crippen molar-refractivity contribution in [1.82, 2.24) is 0 Å². The molecular weight excluding hydrogens is 407 g/mol. The lowest BCUT2D eigenvalue weighted by Crippen LogP contribution is -2.21. The van der Waals surface area contributed by atoms with Crippen LogP contribution in [0.3, 0.4) is 0 Å². The van der Waals surface area contributed by atoms with Crippen molar-refractivity contribution in [3.8, 4) is 0 Å². The second-order valence-corrected chi connectivity index (χ2v) is 7.81. The maximum Gasteiger partial charge on any atom is 0.340 e. The predicted octanol–water partition coefficient (Wildman–Crippen LogP) is 4.76. The zero-order chi connectivity index (χ0) is 22.3. The van der Waals surface area contributed by atoms with Crippen molar-refractivity contribution in [2.45, 2.75) is 25.7 Å². The van der Waals surface area contributed by atoms with E-state index in [1.807, 2.05) is 24.3 Å². The number of anilines is 2. The Morgan fingerprint density at radius 2 is 1.72 bits per heavy atom. The van der Waals surface area contributed by atoms with Gasteiger partial charge in [0.05, 0.1) is 5.56 Å².